The van der Waals surface area contributed by atoms with Crippen molar-refractivity contribution in [3.8, 4) is 11.8 Å². The van der Waals surface area contributed by atoms with Crippen LogP contribution < -0.4 is 5.32 Å². The standard InChI is InChI=1S/C60H96N4O11/c1-13-42(6)57(63(10)60(70)49(40(2)3)36-53(67)56(41(4)5)62(8)9)54(71-11)37-55(68)64-29-21-26-51(64)58(72-12)43(7)52(66)35-45(34-44-22-17-16-18-23-44)59(69)61-28-31-73-32-33-75-38-46(65)27-30-74-39-50-47-24-19-14-15-20-25-48(47)50/h16-18,22-23,40-43,45,47-51,54,56-58H,13,19-21,24-39H2,1-12H3,(H,61,69)/t42?,43-,45+,47?,48?,49-,50?,51-,54?,56-,57-,58+/m0/s1. The molecule has 3 aliphatic rings. The summed E-state index contributed by atoms with van der Waals surface area (Å²) < 4.78 is 29.3. The van der Waals surface area contributed by atoms with Gasteiger partial charge in [-0.05, 0) is 87.3 Å². The Bertz CT molecular complexity index is 1980. The van der Waals surface area contributed by atoms with E-state index in [1.54, 1.807) is 26.2 Å². The molecule has 1 saturated carbocycles. The van der Waals surface area contributed by atoms with Crippen LogP contribution in [0.3, 0.4) is 0 Å². The topological polar surface area (TPSA) is 170 Å². The number of amides is 3. The van der Waals surface area contributed by atoms with Crippen molar-refractivity contribution >= 4 is 35.1 Å². The molecular formula is C60H96N4O11. The van der Waals surface area contributed by atoms with Crippen LogP contribution in [0.2, 0.25) is 0 Å². The summed E-state index contributed by atoms with van der Waals surface area (Å²) in [5.74, 6) is 6.00. The van der Waals surface area contributed by atoms with Crippen molar-refractivity contribution < 1.29 is 52.5 Å². The highest BCUT2D eigenvalue weighted by molar-refractivity contribution is 5.90. The fraction of sp³-hybridized carbons (Fsp3) is 0.767. The third-order valence-electron chi connectivity index (χ3n) is 16.4. The first-order valence-electron chi connectivity index (χ1n) is 28.2. The number of hydrogen-bond acceptors (Lipinski definition) is 12. The van der Waals surface area contributed by atoms with E-state index in [0.717, 1.165) is 55.9 Å². The quantitative estimate of drug-likeness (QED) is 0.0535. The molecule has 4 unspecified atom stereocenters. The van der Waals surface area contributed by atoms with Gasteiger partial charge in [0.25, 0.3) is 0 Å². The summed E-state index contributed by atoms with van der Waals surface area (Å²) in [6.07, 6.45) is 5.90. The van der Waals surface area contributed by atoms with Crippen molar-refractivity contribution in [1.29, 1.82) is 0 Å². The minimum absolute atomic E-state index is 0.00206. The van der Waals surface area contributed by atoms with Crippen molar-refractivity contribution in [3.63, 3.8) is 0 Å². The number of Topliss-reactive ketones (excluding diaryl/α,β-unsaturated/α-hetero) is 3. The molecular weight excluding hydrogens is 953 g/mol. The molecule has 1 aromatic rings. The summed E-state index contributed by atoms with van der Waals surface area (Å²) in [6.45, 7) is 16.5. The summed E-state index contributed by atoms with van der Waals surface area (Å²) in [6, 6.07) is 8.48. The molecule has 0 bridgehead atoms. The van der Waals surface area contributed by atoms with E-state index in [0.29, 0.717) is 44.9 Å². The minimum Gasteiger partial charge on any atom is -0.381 e. The molecule has 0 radical (unpaired) electrons. The number of nitrogens with zero attached hydrogens (tertiary/aromatic N) is 3. The fourth-order valence-corrected chi connectivity index (χ4v) is 11.9. The van der Waals surface area contributed by atoms with Gasteiger partial charge < -0.3 is 38.8 Å². The summed E-state index contributed by atoms with van der Waals surface area (Å²) in [7, 11) is 8.70. The normalized spacial score (nSPS) is 21.6. The Morgan fingerprint density at radius 3 is 2.04 bits per heavy atom. The first-order chi connectivity index (χ1) is 35.9. The van der Waals surface area contributed by atoms with Crippen molar-refractivity contribution in [3.05, 3.63) is 35.9 Å². The molecule has 1 N–H and O–H groups in total. The molecule has 0 aromatic heterocycles. The third kappa shape index (κ3) is 19.4. The second kappa shape index (κ2) is 32.6. The van der Waals surface area contributed by atoms with E-state index in [2.05, 4.69) is 31.0 Å². The van der Waals surface area contributed by atoms with E-state index in [-0.39, 0.29) is 117 Å². The predicted molar refractivity (Wildman–Crippen MR) is 291 cm³/mol. The van der Waals surface area contributed by atoms with E-state index >= 15 is 0 Å². The summed E-state index contributed by atoms with van der Waals surface area (Å²) >= 11 is 0. The van der Waals surface area contributed by atoms with E-state index in [1.165, 1.54) is 0 Å². The highest BCUT2D eigenvalue weighted by Gasteiger charge is 2.49. The van der Waals surface area contributed by atoms with Crippen LogP contribution in [0.1, 0.15) is 125 Å². The zero-order chi connectivity index (χ0) is 55.2. The highest BCUT2D eigenvalue weighted by atomic mass is 16.5. The van der Waals surface area contributed by atoms with Gasteiger partial charge in [0, 0.05) is 90.8 Å². The third-order valence-corrected chi connectivity index (χ3v) is 16.4. The molecule has 1 heterocycles. The maximum atomic E-state index is 14.5. The van der Waals surface area contributed by atoms with Crippen molar-refractivity contribution in [2.24, 2.45) is 53.3 Å². The molecule has 15 heteroatoms. The molecule has 1 aromatic carbocycles. The largest absolute Gasteiger partial charge is 0.381 e. The number of hydrogen-bond donors (Lipinski definition) is 1. The van der Waals surface area contributed by atoms with Crippen LogP contribution in [-0.2, 0) is 58.9 Å². The lowest BCUT2D eigenvalue weighted by atomic mass is 9.83. The maximum Gasteiger partial charge on any atom is 0.226 e. The number of nitrogens with one attached hydrogen (secondary N) is 1. The van der Waals surface area contributed by atoms with Crippen molar-refractivity contribution in [1.82, 2.24) is 20.0 Å². The number of benzene rings is 1. The minimum atomic E-state index is -0.658. The number of likely N-dealkylation sites (N-methyl/N-ethyl adjacent to an activating group) is 2. The lowest BCUT2D eigenvalue weighted by Crippen LogP contribution is -2.54. The van der Waals surface area contributed by atoms with Crippen LogP contribution in [0.15, 0.2) is 30.3 Å². The monoisotopic (exact) mass is 1050 g/mol. The van der Waals surface area contributed by atoms with Gasteiger partial charge in [-0.25, -0.2) is 0 Å². The molecule has 2 aliphatic carbocycles. The van der Waals surface area contributed by atoms with Crippen LogP contribution >= 0.6 is 0 Å². The number of ether oxygens (including phenoxy) is 5. The molecule has 4 rings (SSSR count). The molecule has 1 aliphatic heterocycles. The molecule has 3 amide bonds. The van der Waals surface area contributed by atoms with Gasteiger partial charge in [-0.1, -0.05) is 85.2 Å². The van der Waals surface area contributed by atoms with Gasteiger partial charge in [0.05, 0.1) is 63.2 Å². The van der Waals surface area contributed by atoms with Crippen molar-refractivity contribution in [2.45, 2.75) is 156 Å². The Kier molecular flexibility index (Phi) is 27.6. The lowest BCUT2D eigenvalue weighted by molar-refractivity contribution is -0.149. The van der Waals surface area contributed by atoms with Gasteiger partial charge in [-0.3, -0.25) is 33.7 Å². The van der Waals surface area contributed by atoms with E-state index in [1.807, 2.05) is 88.8 Å². The number of carbonyl (C=O) groups is 6. The highest BCUT2D eigenvalue weighted by Crippen LogP contribution is 2.52. The summed E-state index contributed by atoms with van der Waals surface area (Å²) in [5, 5.41) is 2.96. The van der Waals surface area contributed by atoms with Crippen LogP contribution in [0.5, 0.6) is 0 Å². The van der Waals surface area contributed by atoms with Crippen LogP contribution in [0.4, 0.5) is 0 Å². The molecule has 422 valence electrons. The lowest BCUT2D eigenvalue weighted by Gasteiger charge is -2.41. The fourth-order valence-electron chi connectivity index (χ4n) is 11.9. The zero-order valence-electron chi connectivity index (χ0n) is 47.9. The zero-order valence-corrected chi connectivity index (χ0v) is 47.9. The van der Waals surface area contributed by atoms with Gasteiger partial charge in [0.1, 0.15) is 12.4 Å². The Labute approximate surface area is 450 Å². The molecule has 11 atom stereocenters. The first-order valence-corrected chi connectivity index (χ1v) is 28.2. The molecule has 1 saturated heterocycles. The molecule has 75 heavy (non-hydrogen) atoms. The second-order valence-electron chi connectivity index (χ2n) is 22.6. The SMILES string of the molecule is CCC(C)[C@@H](C(CC(=O)N1CCC[C@H]1[C@H](OC)[C@@H](C)C(=O)C[C@@H](Cc1ccccc1)C(=O)NCCOCCOCC(=O)CCOCC1C2CCC#CCCC21)OC)N(C)C(=O)[C@@H](CC(=O)[C@H](C(C)C)N(C)C)C(C)C. The summed E-state index contributed by atoms with van der Waals surface area (Å²) in [4.78, 5) is 88.6. The number of fused-ring (bicyclic) bond motifs is 1. The van der Waals surface area contributed by atoms with Gasteiger partial charge >= 0.3 is 0 Å². The Morgan fingerprint density at radius 1 is 0.773 bits per heavy atom. The van der Waals surface area contributed by atoms with Crippen LogP contribution in [-0.4, -0.2) is 168 Å². The number of ketones is 3. The Hall–Kier alpha value is -4.04. The van der Waals surface area contributed by atoms with E-state index in [9.17, 15) is 28.8 Å². The van der Waals surface area contributed by atoms with Gasteiger partial charge in [0.2, 0.25) is 17.7 Å². The smallest absolute Gasteiger partial charge is 0.226 e. The Morgan fingerprint density at radius 2 is 1.44 bits per heavy atom. The first kappa shape index (κ1) is 63.5. The van der Waals surface area contributed by atoms with Gasteiger partial charge in [-0.15, -0.1) is 11.8 Å². The average Bonchev–Trinajstić information content (AvgIpc) is 3.74. The average molecular weight is 1050 g/mol. The Balaban J connectivity index is 1.29. The van der Waals surface area contributed by atoms with Crippen molar-refractivity contribution in [2.75, 3.05) is 88.1 Å². The van der Waals surface area contributed by atoms with E-state index in [4.69, 9.17) is 23.7 Å². The van der Waals surface area contributed by atoms with Gasteiger partial charge in [0.15, 0.2) is 11.6 Å². The number of methoxy groups -OCH3 is 2. The molecule has 2 fully saturated rings. The second-order valence-corrected chi connectivity index (χ2v) is 22.6. The number of likely N-dealkylation sites (tertiary alicyclic amines) is 1. The summed E-state index contributed by atoms with van der Waals surface area (Å²) in [5.41, 5.74) is 0.929. The van der Waals surface area contributed by atoms with Gasteiger partial charge in [-0.2, -0.15) is 0 Å². The predicted octanol–water partition coefficient (Wildman–Crippen LogP) is 7.11. The molecule has 0 spiro atoms. The maximum absolute atomic E-state index is 14.5. The van der Waals surface area contributed by atoms with E-state index < -0.39 is 36.0 Å². The number of carbonyl (C=O) groups excluding carboxylic acids is 6. The van der Waals surface area contributed by atoms with Crippen LogP contribution in [0.25, 0.3) is 0 Å². The molecule has 15 nitrogen and oxygen atoms in total. The van der Waals surface area contributed by atoms with Crippen LogP contribution in [0, 0.1) is 65.1 Å². The number of rotatable bonds is 36.